The van der Waals surface area contributed by atoms with Crippen molar-refractivity contribution in [3.05, 3.63) is 0 Å². The summed E-state index contributed by atoms with van der Waals surface area (Å²) >= 11 is 0. The molecule has 0 aromatic carbocycles. The maximum atomic E-state index is 12.7. The summed E-state index contributed by atoms with van der Waals surface area (Å²) in [5.74, 6) is 0.794. The Labute approximate surface area is 202 Å². The van der Waals surface area contributed by atoms with E-state index in [1.807, 2.05) is 17.0 Å². The molecule has 2 amide bonds. The van der Waals surface area contributed by atoms with E-state index in [0.717, 1.165) is 19.3 Å². The lowest BCUT2D eigenvalue weighted by Crippen LogP contribution is -2.47. The van der Waals surface area contributed by atoms with Crippen molar-refractivity contribution in [2.24, 2.45) is 11.3 Å². The predicted molar refractivity (Wildman–Crippen MR) is 133 cm³/mol. The van der Waals surface area contributed by atoms with Crippen molar-refractivity contribution in [2.75, 3.05) is 73.9 Å². The third-order valence-corrected chi connectivity index (χ3v) is 5.48. The van der Waals surface area contributed by atoms with Crippen LogP contribution in [-0.2, 0) is 23.8 Å². The Bertz CT molecular complexity index is 528. The number of carbonyl (C=O) groups excluding carboxylic acids is 2. The third-order valence-electron chi connectivity index (χ3n) is 5.48. The minimum atomic E-state index is -0.188. The summed E-state index contributed by atoms with van der Waals surface area (Å²) in [5, 5.41) is 3.68. The fourth-order valence-corrected chi connectivity index (χ4v) is 3.41. The fourth-order valence-electron chi connectivity index (χ4n) is 3.41. The first-order chi connectivity index (χ1) is 15.6. The van der Waals surface area contributed by atoms with Gasteiger partial charge >= 0.3 is 0 Å². The Morgan fingerprint density at radius 2 is 1.55 bits per heavy atom. The first kappa shape index (κ1) is 31.8. The Kier molecular flexibility index (Phi) is 17.5. The van der Waals surface area contributed by atoms with Gasteiger partial charge in [0, 0.05) is 59.2 Å². The minimum absolute atomic E-state index is 0.116. The van der Waals surface area contributed by atoms with Gasteiger partial charge in [0.05, 0.1) is 33.0 Å². The first-order valence-corrected chi connectivity index (χ1v) is 12.4. The molecule has 0 aliphatic heterocycles. The summed E-state index contributed by atoms with van der Waals surface area (Å²) in [6, 6.07) is 0. The highest BCUT2D eigenvalue weighted by molar-refractivity contribution is 5.76. The molecule has 0 rings (SSSR count). The summed E-state index contributed by atoms with van der Waals surface area (Å²) in [6.07, 6.45) is 3.87. The van der Waals surface area contributed by atoms with Crippen LogP contribution in [0.15, 0.2) is 0 Å². The molecule has 0 fully saturated rings. The molecule has 0 saturated carbocycles. The van der Waals surface area contributed by atoms with E-state index in [-0.39, 0.29) is 17.2 Å². The molecular formula is C25H51N3O5. The topological polar surface area (TPSA) is 71.6 Å². The van der Waals surface area contributed by atoms with E-state index in [9.17, 15) is 9.59 Å². The molecule has 0 saturated heterocycles. The largest absolute Gasteiger partial charge is 0.383 e. The zero-order chi connectivity index (χ0) is 25.3. The van der Waals surface area contributed by atoms with Gasteiger partial charge in [0.25, 0.3) is 0 Å². The molecule has 0 aliphatic carbocycles. The second-order valence-corrected chi connectivity index (χ2v) is 9.95. The average molecular weight is 474 g/mol. The van der Waals surface area contributed by atoms with Gasteiger partial charge in [-0.05, 0) is 18.8 Å². The number of amides is 2. The van der Waals surface area contributed by atoms with Gasteiger partial charge in [-0.2, -0.15) is 0 Å². The van der Waals surface area contributed by atoms with Crippen LogP contribution < -0.4 is 0 Å². The van der Waals surface area contributed by atoms with Crippen LogP contribution in [0.3, 0.4) is 0 Å². The highest BCUT2D eigenvalue weighted by Crippen LogP contribution is 2.19. The van der Waals surface area contributed by atoms with Crippen molar-refractivity contribution in [3.63, 3.8) is 0 Å². The lowest BCUT2D eigenvalue weighted by atomic mass is 9.93. The average Bonchev–Trinajstić information content (AvgIpc) is 2.76. The van der Waals surface area contributed by atoms with Crippen LogP contribution >= 0.6 is 0 Å². The van der Waals surface area contributed by atoms with Crippen molar-refractivity contribution >= 4 is 11.8 Å². The molecule has 0 heterocycles. The molecule has 0 unspecified atom stereocenters. The third kappa shape index (κ3) is 15.3. The molecule has 0 aromatic rings. The number of nitrogens with zero attached hydrogens (tertiary/aromatic N) is 3. The van der Waals surface area contributed by atoms with E-state index >= 15 is 0 Å². The van der Waals surface area contributed by atoms with Gasteiger partial charge in [-0.1, -0.05) is 41.0 Å². The number of hydrazine groups is 1. The molecule has 0 bridgehead atoms. The number of ether oxygens (including phenoxy) is 3. The lowest BCUT2D eigenvalue weighted by Gasteiger charge is -2.34. The van der Waals surface area contributed by atoms with E-state index in [4.69, 9.17) is 14.2 Å². The normalized spacial score (nSPS) is 11.9. The predicted octanol–water partition coefficient (Wildman–Crippen LogP) is 3.45. The summed E-state index contributed by atoms with van der Waals surface area (Å²) in [6.45, 7) is 15.0. The highest BCUT2D eigenvalue weighted by atomic mass is 16.5. The number of carbonyl (C=O) groups is 2. The van der Waals surface area contributed by atoms with E-state index in [1.54, 1.807) is 19.2 Å². The summed E-state index contributed by atoms with van der Waals surface area (Å²) in [7, 11) is 5.21. The van der Waals surface area contributed by atoms with Gasteiger partial charge in [0.15, 0.2) is 0 Å². The van der Waals surface area contributed by atoms with Crippen molar-refractivity contribution in [2.45, 2.75) is 66.7 Å². The standard InChI is InChI=1S/C25H51N3O5/c1-9-10-11-24(30)28(16-18-32-8)26(6)14-19-33-21-25(4,5)20-27(15-17-31-7)23(29)13-12-22(2)3/h22H,9-21H2,1-8H3. The smallest absolute Gasteiger partial charge is 0.236 e. The van der Waals surface area contributed by atoms with Crippen LogP contribution in [0.2, 0.25) is 0 Å². The molecule has 8 nitrogen and oxygen atoms in total. The molecule has 0 N–H and O–H groups in total. The summed E-state index contributed by atoms with van der Waals surface area (Å²) in [4.78, 5) is 27.2. The van der Waals surface area contributed by atoms with Crippen molar-refractivity contribution in [3.8, 4) is 0 Å². The number of hydrogen-bond donors (Lipinski definition) is 0. The first-order valence-electron chi connectivity index (χ1n) is 12.4. The van der Waals surface area contributed by atoms with Crippen LogP contribution in [0.5, 0.6) is 0 Å². The van der Waals surface area contributed by atoms with E-state index in [0.29, 0.717) is 71.4 Å². The number of likely N-dealkylation sites (N-methyl/N-ethyl adjacent to an activating group) is 1. The number of hydrogen-bond acceptors (Lipinski definition) is 6. The Morgan fingerprint density at radius 3 is 2.12 bits per heavy atom. The minimum Gasteiger partial charge on any atom is -0.383 e. The summed E-state index contributed by atoms with van der Waals surface area (Å²) in [5.41, 5.74) is -0.188. The number of rotatable bonds is 20. The molecule has 8 heteroatoms. The van der Waals surface area contributed by atoms with Crippen molar-refractivity contribution in [1.82, 2.24) is 14.9 Å². The van der Waals surface area contributed by atoms with Crippen molar-refractivity contribution in [1.29, 1.82) is 0 Å². The van der Waals surface area contributed by atoms with Gasteiger partial charge in [0.2, 0.25) is 11.8 Å². The van der Waals surface area contributed by atoms with Crippen molar-refractivity contribution < 1.29 is 23.8 Å². The second kappa shape index (κ2) is 18.2. The zero-order valence-corrected chi connectivity index (χ0v) is 22.7. The van der Waals surface area contributed by atoms with E-state index in [2.05, 4.69) is 34.6 Å². The zero-order valence-electron chi connectivity index (χ0n) is 22.7. The van der Waals surface area contributed by atoms with Crippen LogP contribution in [0.25, 0.3) is 0 Å². The molecule has 0 atom stereocenters. The van der Waals surface area contributed by atoms with Gasteiger partial charge in [-0.3, -0.25) is 14.6 Å². The fraction of sp³-hybridized carbons (Fsp3) is 0.920. The van der Waals surface area contributed by atoms with Gasteiger partial charge < -0.3 is 19.1 Å². The van der Waals surface area contributed by atoms with Gasteiger partial charge in [-0.15, -0.1) is 0 Å². The molecule has 0 spiro atoms. The monoisotopic (exact) mass is 473 g/mol. The Balaban J connectivity index is 4.69. The Hall–Kier alpha value is -1.22. The Morgan fingerprint density at radius 1 is 0.909 bits per heavy atom. The maximum Gasteiger partial charge on any atom is 0.236 e. The molecular weight excluding hydrogens is 422 g/mol. The summed E-state index contributed by atoms with van der Waals surface area (Å²) < 4.78 is 16.4. The van der Waals surface area contributed by atoms with E-state index < -0.39 is 0 Å². The van der Waals surface area contributed by atoms with Crippen LogP contribution in [0.4, 0.5) is 0 Å². The van der Waals surface area contributed by atoms with Crippen LogP contribution in [0, 0.1) is 11.3 Å². The second-order valence-electron chi connectivity index (χ2n) is 9.95. The molecule has 196 valence electrons. The highest BCUT2D eigenvalue weighted by Gasteiger charge is 2.25. The molecule has 33 heavy (non-hydrogen) atoms. The molecule has 0 radical (unpaired) electrons. The van der Waals surface area contributed by atoms with E-state index in [1.165, 1.54) is 0 Å². The quantitative estimate of drug-likeness (QED) is 0.199. The molecule has 0 aliphatic rings. The lowest BCUT2D eigenvalue weighted by molar-refractivity contribution is -0.149. The van der Waals surface area contributed by atoms with Gasteiger partial charge in [0.1, 0.15) is 0 Å². The molecule has 0 aromatic heterocycles. The number of methoxy groups -OCH3 is 2. The van der Waals surface area contributed by atoms with Crippen LogP contribution in [-0.4, -0.2) is 101 Å². The maximum absolute atomic E-state index is 12.7. The number of unbranched alkanes of at least 4 members (excludes halogenated alkanes) is 1. The van der Waals surface area contributed by atoms with Gasteiger partial charge in [-0.25, -0.2) is 5.01 Å². The SMILES string of the molecule is CCCCC(=O)N(CCOC)N(C)CCOCC(C)(C)CN(CCOC)C(=O)CCC(C)C. The van der Waals surface area contributed by atoms with Crippen LogP contribution in [0.1, 0.15) is 66.7 Å².